The van der Waals surface area contributed by atoms with E-state index in [2.05, 4.69) is 10.3 Å². The van der Waals surface area contributed by atoms with Crippen molar-refractivity contribution in [1.29, 1.82) is 0 Å². The van der Waals surface area contributed by atoms with Crippen molar-refractivity contribution >= 4 is 11.8 Å². The van der Waals surface area contributed by atoms with Gasteiger partial charge in [-0.25, -0.2) is 4.98 Å². The van der Waals surface area contributed by atoms with Crippen LogP contribution in [0.25, 0.3) is 0 Å². The van der Waals surface area contributed by atoms with Crippen molar-refractivity contribution in [3.05, 3.63) is 53.1 Å². The predicted molar refractivity (Wildman–Crippen MR) is 112 cm³/mol. The van der Waals surface area contributed by atoms with E-state index in [4.69, 9.17) is 0 Å². The number of hydrogen-bond acceptors (Lipinski definition) is 3. The minimum absolute atomic E-state index is 0.00675. The van der Waals surface area contributed by atoms with E-state index in [0.29, 0.717) is 11.5 Å². The van der Waals surface area contributed by atoms with Gasteiger partial charge in [0.2, 0.25) is 0 Å². The second kappa shape index (κ2) is 8.80. The number of fused-ring (bicyclic) bond motifs is 1. The molecule has 0 radical (unpaired) electrons. The van der Waals surface area contributed by atoms with Crippen LogP contribution in [-0.2, 0) is 13.0 Å². The van der Waals surface area contributed by atoms with Crippen LogP contribution in [0.1, 0.15) is 83.9 Å². The number of imidazole rings is 1. The monoisotopic (exact) mass is 394 g/mol. The number of carbonyl (C=O) groups is 2. The minimum Gasteiger partial charge on any atom is -0.343 e. The third-order valence-corrected chi connectivity index (χ3v) is 6.06. The smallest absolute Gasteiger partial charge is 0.287 e. The SMILES string of the molecule is CC(NC(=O)c1nc(C(=O)N2CCCCCC2)c2n1CCCC2)c1ccccc1. The number of likely N-dealkylation sites (tertiary alicyclic amines) is 1. The van der Waals surface area contributed by atoms with Gasteiger partial charge in [0.1, 0.15) is 5.69 Å². The molecule has 154 valence electrons. The van der Waals surface area contributed by atoms with Gasteiger partial charge in [-0.05, 0) is 44.6 Å². The molecule has 0 aliphatic carbocycles. The van der Waals surface area contributed by atoms with Crippen LogP contribution >= 0.6 is 0 Å². The van der Waals surface area contributed by atoms with Gasteiger partial charge in [0.15, 0.2) is 5.82 Å². The summed E-state index contributed by atoms with van der Waals surface area (Å²) in [6.45, 7) is 4.30. The number of rotatable bonds is 4. The Bertz CT molecular complexity index is 867. The van der Waals surface area contributed by atoms with E-state index in [1.165, 1.54) is 12.8 Å². The van der Waals surface area contributed by atoms with Crippen molar-refractivity contribution in [3.8, 4) is 0 Å². The maximum atomic E-state index is 13.2. The van der Waals surface area contributed by atoms with E-state index in [1.807, 2.05) is 46.7 Å². The first-order chi connectivity index (χ1) is 14.1. The largest absolute Gasteiger partial charge is 0.343 e. The molecule has 2 aliphatic rings. The van der Waals surface area contributed by atoms with Crippen LogP contribution < -0.4 is 5.32 Å². The Hall–Kier alpha value is -2.63. The molecule has 6 nitrogen and oxygen atoms in total. The fourth-order valence-electron chi connectivity index (χ4n) is 4.40. The molecule has 1 unspecified atom stereocenters. The third-order valence-electron chi connectivity index (χ3n) is 6.06. The lowest BCUT2D eigenvalue weighted by molar-refractivity contribution is 0.0754. The molecule has 0 bridgehead atoms. The second-order valence-corrected chi connectivity index (χ2v) is 8.15. The van der Waals surface area contributed by atoms with Gasteiger partial charge in [0, 0.05) is 19.6 Å². The van der Waals surface area contributed by atoms with E-state index >= 15 is 0 Å². The highest BCUT2D eigenvalue weighted by atomic mass is 16.2. The molecular formula is C23H30N4O2. The van der Waals surface area contributed by atoms with Crippen molar-refractivity contribution in [2.75, 3.05) is 13.1 Å². The van der Waals surface area contributed by atoms with Crippen molar-refractivity contribution in [3.63, 3.8) is 0 Å². The molecule has 1 aromatic carbocycles. The van der Waals surface area contributed by atoms with Crippen LogP contribution in [0.15, 0.2) is 30.3 Å². The molecular weight excluding hydrogens is 364 g/mol. The van der Waals surface area contributed by atoms with E-state index in [0.717, 1.165) is 63.0 Å². The number of amides is 2. The molecule has 2 amide bonds. The Balaban J connectivity index is 1.59. The lowest BCUT2D eigenvalue weighted by Gasteiger charge is -2.21. The van der Waals surface area contributed by atoms with Crippen molar-refractivity contribution in [2.45, 2.75) is 64.5 Å². The lowest BCUT2D eigenvalue weighted by atomic mass is 10.1. The van der Waals surface area contributed by atoms with Crippen LogP contribution in [0.3, 0.4) is 0 Å². The van der Waals surface area contributed by atoms with Gasteiger partial charge in [0.05, 0.1) is 11.7 Å². The Morgan fingerprint density at radius 3 is 2.38 bits per heavy atom. The number of carbonyl (C=O) groups excluding carboxylic acids is 2. The lowest BCUT2D eigenvalue weighted by Crippen LogP contribution is -2.33. The predicted octanol–water partition coefficient (Wildman–Crippen LogP) is 3.73. The molecule has 1 saturated heterocycles. The van der Waals surface area contributed by atoms with Crippen molar-refractivity contribution in [2.24, 2.45) is 0 Å². The molecule has 29 heavy (non-hydrogen) atoms. The number of benzene rings is 1. The molecule has 6 heteroatoms. The van der Waals surface area contributed by atoms with Gasteiger partial charge in [0.25, 0.3) is 11.8 Å². The normalized spacial score (nSPS) is 17.9. The maximum absolute atomic E-state index is 13.2. The highest BCUT2D eigenvalue weighted by molar-refractivity contribution is 5.97. The first-order valence-corrected chi connectivity index (χ1v) is 10.9. The van der Waals surface area contributed by atoms with Crippen LogP contribution in [0.5, 0.6) is 0 Å². The third kappa shape index (κ3) is 4.21. The van der Waals surface area contributed by atoms with Crippen molar-refractivity contribution in [1.82, 2.24) is 19.8 Å². The molecule has 2 aromatic rings. The van der Waals surface area contributed by atoms with E-state index in [1.54, 1.807) is 0 Å². The summed E-state index contributed by atoms with van der Waals surface area (Å²) in [6, 6.07) is 9.77. The van der Waals surface area contributed by atoms with E-state index in [-0.39, 0.29) is 17.9 Å². The number of nitrogens with zero attached hydrogens (tertiary/aromatic N) is 3. The topological polar surface area (TPSA) is 67.2 Å². The molecule has 1 atom stereocenters. The Morgan fingerprint density at radius 1 is 0.966 bits per heavy atom. The number of hydrogen-bond donors (Lipinski definition) is 1. The molecule has 1 fully saturated rings. The molecule has 3 heterocycles. The van der Waals surface area contributed by atoms with Gasteiger partial charge in [-0.1, -0.05) is 43.2 Å². The van der Waals surface area contributed by atoms with Crippen LogP contribution in [-0.4, -0.2) is 39.4 Å². The Labute approximate surface area is 172 Å². The first-order valence-electron chi connectivity index (χ1n) is 10.9. The second-order valence-electron chi connectivity index (χ2n) is 8.15. The Kier molecular flexibility index (Phi) is 5.97. The van der Waals surface area contributed by atoms with Gasteiger partial charge in [-0.2, -0.15) is 0 Å². The summed E-state index contributed by atoms with van der Waals surface area (Å²) >= 11 is 0. The van der Waals surface area contributed by atoms with Gasteiger partial charge >= 0.3 is 0 Å². The highest BCUT2D eigenvalue weighted by Crippen LogP contribution is 2.24. The van der Waals surface area contributed by atoms with Crippen LogP contribution in [0, 0.1) is 0 Å². The number of nitrogens with one attached hydrogen (secondary N) is 1. The zero-order chi connectivity index (χ0) is 20.2. The zero-order valence-electron chi connectivity index (χ0n) is 17.2. The molecule has 4 rings (SSSR count). The summed E-state index contributed by atoms with van der Waals surface area (Å²) in [6.07, 6.45) is 7.30. The van der Waals surface area contributed by atoms with Gasteiger partial charge < -0.3 is 14.8 Å². The van der Waals surface area contributed by atoms with Gasteiger partial charge in [-0.15, -0.1) is 0 Å². The quantitative estimate of drug-likeness (QED) is 0.859. The fourth-order valence-corrected chi connectivity index (χ4v) is 4.40. The average molecular weight is 395 g/mol. The molecule has 0 saturated carbocycles. The maximum Gasteiger partial charge on any atom is 0.287 e. The molecule has 2 aliphatic heterocycles. The summed E-state index contributed by atoms with van der Waals surface area (Å²) < 4.78 is 1.97. The highest BCUT2D eigenvalue weighted by Gasteiger charge is 2.30. The summed E-state index contributed by atoms with van der Waals surface area (Å²) in [5.41, 5.74) is 2.47. The minimum atomic E-state index is -0.209. The molecule has 0 spiro atoms. The fraction of sp³-hybridized carbons (Fsp3) is 0.522. The zero-order valence-corrected chi connectivity index (χ0v) is 17.2. The summed E-state index contributed by atoms with van der Waals surface area (Å²) in [7, 11) is 0. The van der Waals surface area contributed by atoms with Crippen LogP contribution in [0.4, 0.5) is 0 Å². The first kappa shape index (κ1) is 19.7. The van der Waals surface area contributed by atoms with E-state index < -0.39 is 0 Å². The van der Waals surface area contributed by atoms with Crippen LogP contribution in [0.2, 0.25) is 0 Å². The van der Waals surface area contributed by atoms with Crippen molar-refractivity contribution < 1.29 is 9.59 Å². The summed E-state index contributed by atoms with van der Waals surface area (Å²) in [5.74, 6) is 0.160. The summed E-state index contributed by atoms with van der Waals surface area (Å²) in [4.78, 5) is 32.8. The Morgan fingerprint density at radius 2 is 1.66 bits per heavy atom. The standard InChI is InChI=1S/C23H30N4O2/c1-17(18-11-5-4-6-12-18)24-22(28)21-25-20(19-13-7-10-16-27(19)21)23(29)26-14-8-2-3-9-15-26/h4-6,11-12,17H,2-3,7-10,13-16H2,1H3,(H,24,28). The summed E-state index contributed by atoms with van der Waals surface area (Å²) in [5, 5.41) is 3.06. The van der Waals surface area contributed by atoms with Gasteiger partial charge in [-0.3, -0.25) is 9.59 Å². The average Bonchev–Trinajstić information content (AvgIpc) is 2.93. The van der Waals surface area contributed by atoms with E-state index in [9.17, 15) is 9.59 Å². The molecule has 1 aromatic heterocycles. The number of aromatic nitrogens is 2. The molecule has 1 N–H and O–H groups in total.